The molecule has 124 valence electrons. The zero-order chi connectivity index (χ0) is 17.6. The number of fused-ring (bicyclic) bond motifs is 2. The number of nitrogens with zero attached hydrogens (tertiary/aromatic N) is 1. The van der Waals surface area contributed by atoms with E-state index in [1.165, 1.54) is 17.7 Å². The van der Waals surface area contributed by atoms with Crippen molar-refractivity contribution in [3.8, 4) is 5.75 Å². The fourth-order valence-electron chi connectivity index (χ4n) is 2.65. The molecule has 2 aromatic carbocycles. The molecule has 0 aliphatic rings. The Kier molecular flexibility index (Phi) is 3.51. The van der Waals surface area contributed by atoms with Gasteiger partial charge < -0.3 is 13.6 Å². The van der Waals surface area contributed by atoms with Gasteiger partial charge in [-0.3, -0.25) is 4.79 Å². The van der Waals surface area contributed by atoms with Crippen molar-refractivity contribution in [2.45, 2.75) is 0 Å². The third-order valence-corrected chi connectivity index (χ3v) is 4.13. The van der Waals surface area contributed by atoms with Gasteiger partial charge in [0.05, 0.1) is 12.6 Å². The number of methoxy groups -OCH3 is 1. The van der Waals surface area contributed by atoms with Gasteiger partial charge in [-0.05, 0) is 42.5 Å². The fourth-order valence-corrected chi connectivity index (χ4v) is 2.92. The number of hydrogen-bond acceptors (Lipinski definition) is 6. The summed E-state index contributed by atoms with van der Waals surface area (Å²) >= 11 is 5.13. The smallest absolute Gasteiger partial charge is 0.349 e. The first-order valence-corrected chi connectivity index (χ1v) is 7.76. The van der Waals surface area contributed by atoms with Crippen LogP contribution in [0.5, 0.6) is 5.75 Å². The molecule has 0 spiro atoms. The maximum atomic E-state index is 12.9. The van der Waals surface area contributed by atoms with Crippen molar-refractivity contribution in [2.24, 2.45) is 0 Å². The fraction of sp³-hybridized carbons (Fsp3) is 0.0556. The van der Waals surface area contributed by atoms with Gasteiger partial charge in [-0.2, -0.15) is 0 Å². The summed E-state index contributed by atoms with van der Waals surface area (Å²) < 4.78 is 17.0. The Labute approximate surface area is 145 Å². The van der Waals surface area contributed by atoms with Crippen LogP contribution in [0.2, 0.25) is 0 Å². The molecule has 0 aliphatic carbocycles. The molecule has 2 aromatic heterocycles. The van der Waals surface area contributed by atoms with Gasteiger partial charge in [0.2, 0.25) is 0 Å². The molecule has 0 N–H and O–H groups in total. The van der Waals surface area contributed by atoms with Crippen molar-refractivity contribution < 1.29 is 18.4 Å². The molecule has 0 bridgehead atoms. The number of ether oxygens (including phenoxy) is 1. The Bertz CT molecular complexity index is 1250. The Morgan fingerprint density at radius 3 is 2.68 bits per heavy atom. The van der Waals surface area contributed by atoms with Gasteiger partial charge in [0.25, 0.3) is 10.7 Å². The van der Waals surface area contributed by atoms with Crippen molar-refractivity contribution in [2.75, 3.05) is 7.11 Å². The molecule has 0 unspecified atom stereocenters. The van der Waals surface area contributed by atoms with Crippen molar-refractivity contribution >= 4 is 40.2 Å². The molecule has 4 aromatic rings. The molecular formula is C18H11NO5S. The summed E-state index contributed by atoms with van der Waals surface area (Å²) in [6.45, 7) is 0. The molecular weight excluding hydrogens is 342 g/mol. The predicted molar refractivity (Wildman–Crippen MR) is 93.8 cm³/mol. The van der Waals surface area contributed by atoms with Crippen LogP contribution in [0.15, 0.2) is 62.2 Å². The summed E-state index contributed by atoms with van der Waals surface area (Å²) in [7, 11) is 1.52. The number of hydrogen-bond donors (Lipinski definition) is 0. The molecule has 6 nitrogen and oxygen atoms in total. The Hall–Kier alpha value is -3.19. The number of carbonyl (C=O) groups excluding carboxylic acids is 1. The van der Waals surface area contributed by atoms with E-state index in [-0.39, 0.29) is 10.4 Å². The highest BCUT2D eigenvalue weighted by molar-refractivity contribution is 7.71. The van der Waals surface area contributed by atoms with Crippen LogP contribution in [-0.4, -0.2) is 17.6 Å². The first kappa shape index (κ1) is 15.3. The van der Waals surface area contributed by atoms with Crippen molar-refractivity contribution in [1.82, 2.24) is 4.57 Å². The zero-order valence-electron chi connectivity index (χ0n) is 13.0. The molecule has 0 saturated carbocycles. The van der Waals surface area contributed by atoms with E-state index >= 15 is 0 Å². The number of benzene rings is 2. The molecule has 4 rings (SSSR count). The second kappa shape index (κ2) is 5.71. The van der Waals surface area contributed by atoms with Gasteiger partial charge in [-0.15, -0.1) is 0 Å². The van der Waals surface area contributed by atoms with E-state index in [1.54, 1.807) is 42.5 Å². The maximum Gasteiger partial charge on any atom is 0.349 e. The zero-order valence-corrected chi connectivity index (χ0v) is 13.8. The average Bonchev–Trinajstić information content (AvgIpc) is 2.95. The van der Waals surface area contributed by atoms with E-state index in [0.717, 1.165) is 0 Å². The number of rotatable bonds is 2. The minimum atomic E-state index is -0.752. The predicted octanol–water partition coefficient (Wildman–Crippen LogP) is 3.77. The summed E-state index contributed by atoms with van der Waals surface area (Å²) in [6.07, 6.45) is 0. The average molecular weight is 353 g/mol. The molecule has 2 heterocycles. The van der Waals surface area contributed by atoms with E-state index in [9.17, 15) is 9.59 Å². The highest BCUT2D eigenvalue weighted by atomic mass is 32.1. The van der Waals surface area contributed by atoms with E-state index in [0.29, 0.717) is 27.8 Å². The highest BCUT2D eigenvalue weighted by Crippen LogP contribution is 2.22. The molecule has 0 fully saturated rings. The first-order valence-electron chi connectivity index (χ1n) is 7.35. The largest absolute Gasteiger partial charge is 0.497 e. The van der Waals surface area contributed by atoms with Gasteiger partial charge in [-0.25, -0.2) is 9.36 Å². The molecule has 0 amide bonds. The Morgan fingerprint density at radius 1 is 1.08 bits per heavy atom. The van der Waals surface area contributed by atoms with Crippen LogP contribution in [0.25, 0.3) is 22.1 Å². The minimum absolute atomic E-state index is 0.0274. The van der Waals surface area contributed by atoms with Crippen molar-refractivity contribution in [3.05, 3.63) is 69.4 Å². The standard InChI is InChI=1S/C18H11NO5S/c1-22-11-7-6-10-8-12(17(21)23-15(10)9-11)16(20)19-13-4-2-3-5-14(13)24-18(19)25/h2-9H,1H3. The highest BCUT2D eigenvalue weighted by Gasteiger charge is 2.20. The number of oxazole rings is 1. The van der Waals surface area contributed by atoms with Gasteiger partial charge in [0.15, 0.2) is 5.58 Å². The summed E-state index contributed by atoms with van der Waals surface area (Å²) in [5, 5.41) is 0.600. The van der Waals surface area contributed by atoms with Crippen LogP contribution in [0, 0.1) is 4.84 Å². The van der Waals surface area contributed by atoms with Gasteiger partial charge in [0.1, 0.15) is 16.9 Å². The minimum Gasteiger partial charge on any atom is -0.497 e. The van der Waals surface area contributed by atoms with Crippen molar-refractivity contribution in [1.29, 1.82) is 0 Å². The SMILES string of the molecule is COc1ccc2cc(C(=O)n3c(=S)oc4ccccc43)c(=O)oc2c1. The monoisotopic (exact) mass is 353 g/mol. The lowest BCUT2D eigenvalue weighted by Crippen LogP contribution is -2.20. The van der Waals surface area contributed by atoms with Crippen LogP contribution in [0.4, 0.5) is 0 Å². The van der Waals surface area contributed by atoms with Crippen LogP contribution in [0.1, 0.15) is 10.4 Å². The molecule has 0 radical (unpaired) electrons. The number of aromatic nitrogens is 1. The Balaban J connectivity index is 1.93. The second-order valence-corrected chi connectivity index (χ2v) is 5.68. The summed E-state index contributed by atoms with van der Waals surface area (Å²) in [5.74, 6) is -0.0424. The number of carbonyl (C=O) groups is 1. The molecule has 0 saturated heterocycles. The quantitative estimate of drug-likeness (QED) is 0.403. The third-order valence-electron chi connectivity index (χ3n) is 3.86. The molecule has 25 heavy (non-hydrogen) atoms. The van der Waals surface area contributed by atoms with Crippen molar-refractivity contribution in [3.63, 3.8) is 0 Å². The van der Waals surface area contributed by atoms with Gasteiger partial charge >= 0.3 is 5.63 Å². The molecule has 0 aliphatic heterocycles. The van der Waals surface area contributed by atoms with Crippen LogP contribution in [0.3, 0.4) is 0 Å². The van der Waals surface area contributed by atoms with Crippen LogP contribution < -0.4 is 10.4 Å². The normalized spacial score (nSPS) is 11.1. The second-order valence-electron chi connectivity index (χ2n) is 5.33. The lowest BCUT2D eigenvalue weighted by Gasteiger charge is -2.04. The first-order chi connectivity index (χ1) is 12.1. The molecule has 7 heteroatoms. The van der Waals surface area contributed by atoms with E-state index in [2.05, 4.69) is 0 Å². The lowest BCUT2D eigenvalue weighted by molar-refractivity contribution is 0.0956. The van der Waals surface area contributed by atoms with Crippen LogP contribution in [-0.2, 0) is 0 Å². The van der Waals surface area contributed by atoms with E-state index in [1.807, 2.05) is 0 Å². The van der Waals surface area contributed by atoms with E-state index < -0.39 is 11.5 Å². The summed E-state index contributed by atoms with van der Waals surface area (Å²) in [6, 6.07) is 13.4. The maximum absolute atomic E-state index is 12.9. The summed E-state index contributed by atoms with van der Waals surface area (Å²) in [5.41, 5.74) is 0.419. The summed E-state index contributed by atoms with van der Waals surface area (Å²) in [4.78, 5) is 25.2. The van der Waals surface area contributed by atoms with Gasteiger partial charge in [0, 0.05) is 11.5 Å². The lowest BCUT2D eigenvalue weighted by atomic mass is 10.1. The van der Waals surface area contributed by atoms with Crippen LogP contribution >= 0.6 is 12.2 Å². The third kappa shape index (κ3) is 2.45. The van der Waals surface area contributed by atoms with E-state index in [4.69, 9.17) is 25.8 Å². The molecule has 0 atom stereocenters. The topological polar surface area (TPSA) is 74.6 Å². The Morgan fingerprint density at radius 2 is 1.88 bits per heavy atom. The van der Waals surface area contributed by atoms with Gasteiger partial charge in [-0.1, -0.05) is 12.1 Å². The number of para-hydroxylation sites is 2.